The fourth-order valence-electron chi connectivity index (χ4n) is 2.65. The first-order chi connectivity index (χ1) is 11.2. The van der Waals surface area contributed by atoms with E-state index in [4.69, 9.17) is 4.74 Å². The van der Waals surface area contributed by atoms with Gasteiger partial charge in [0.25, 0.3) is 0 Å². The second kappa shape index (κ2) is 6.58. The largest absolute Gasteiger partial charge is 0.346 e. The van der Waals surface area contributed by atoms with Crippen LogP contribution in [0.25, 0.3) is 6.08 Å². The van der Waals surface area contributed by atoms with Crippen molar-refractivity contribution in [3.05, 3.63) is 71.8 Å². The summed E-state index contributed by atoms with van der Waals surface area (Å²) >= 11 is 0. The fraction of sp³-hybridized carbons (Fsp3) is 0.158. The van der Waals surface area contributed by atoms with Crippen LogP contribution in [0.3, 0.4) is 0 Å². The number of amides is 1. The molecular weight excluding hydrogens is 290 g/mol. The number of nitrogens with zero attached hydrogens (tertiary/aromatic N) is 1. The molecule has 0 aromatic heterocycles. The molecule has 1 heterocycles. The number of para-hydroxylation sites is 1. The Hall–Kier alpha value is -2.72. The summed E-state index contributed by atoms with van der Waals surface area (Å²) in [6.07, 6.45) is 2.87. The second-order valence-electron chi connectivity index (χ2n) is 5.27. The number of anilines is 1. The van der Waals surface area contributed by atoms with Crippen LogP contribution in [0.5, 0.6) is 0 Å². The maximum absolute atomic E-state index is 12.4. The molecule has 2 aromatic rings. The van der Waals surface area contributed by atoms with E-state index in [-0.39, 0.29) is 18.3 Å². The van der Waals surface area contributed by atoms with Crippen LogP contribution in [0.1, 0.15) is 22.8 Å². The summed E-state index contributed by atoms with van der Waals surface area (Å²) in [4.78, 5) is 25.7. The van der Waals surface area contributed by atoms with Gasteiger partial charge in [-0.05, 0) is 17.7 Å². The third-order valence-corrected chi connectivity index (χ3v) is 3.69. The number of hydrogen-bond acceptors (Lipinski definition) is 3. The van der Waals surface area contributed by atoms with Gasteiger partial charge in [-0.1, -0.05) is 54.6 Å². The van der Waals surface area contributed by atoms with Gasteiger partial charge in [0.05, 0.1) is 12.3 Å². The lowest BCUT2D eigenvalue weighted by molar-refractivity contribution is -0.118. The van der Waals surface area contributed by atoms with E-state index in [0.29, 0.717) is 11.3 Å². The molecule has 0 fully saturated rings. The molecule has 1 aliphatic heterocycles. The van der Waals surface area contributed by atoms with Gasteiger partial charge < -0.3 is 4.74 Å². The van der Waals surface area contributed by atoms with Crippen LogP contribution in [0, 0.1) is 0 Å². The highest BCUT2D eigenvalue weighted by atomic mass is 16.5. The van der Waals surface area contributed by atoms with Crippen molar-refractivity contribution in [1.82, 2.24) is 0 Å². The molecule has 0 aliphatic carbocycles. The number of Topliss-reactive ketones (excluding diaryl/α,β-unsaturated/α-hetero) is 1. The SMILES string of the molecule is CC(=O)N1c2ccccc2C(=O)C1OC/C=C\c1ccccc1. The van der Waals surface area contributed by atoms with E-state index >= 15 is 0 Å². The first-order valence-electron chi connectivity index (χ1n) is 7.45. The maximum atomic E-state index is 12.4. The zero-order chi connectivity index (χ0) is 16.2. The molecule has 23 heavy (non-hydrogen) atoms. The summed E-state index contributed by atoms with van der Waals surface area (Å²) in [6.45, 7) is 1.69. The number of ether oxygens (including phenoxy) is 1. The smallest absolute Gasteiger partial charge is 0.226 e. The quantitative estimate of drug-likeness (QED) is 0.870. The number of benzene rings is 2. The highest BCUT2D eigenvalue weighted by molar-refractivity contribution is 6.16. The third kappa shape index (κ3) is 3.07. The van der Waals surface area contributed by atoms with Gasteiger partial charge in [-0.2, -0.15) is 0 Å². The summed E-state index contributed by atoms with van der Waals surface area (Å²) < 4.78 is 5.66. The Morgan fingerprint density at radius 1 is 1.13 bits per heavy atom. The van der Waals surface area contributed by atoms with E-state index in [1.165, 1.54) is 11.8 Å². The van der Waals surface area contributed by atoms with Crippen molar-refractivity contribution in [3.63, 3.8) is 0 Å². The maximum Gasteiger partial charge on any atom is 0.226 e. The summed E-state index contributed by atoms with van der Waals surface area (Å²) in [5, 5.41) is 0. The van der Waals surface area contributed by atoms with Crippen molar-refractivity contribution in [2.45, 2.75) is 13.2 Å². The summed E-state index contributed by atoms with van der Waals surface area (Å²) in [5.41, 5.74) is 2.20. The lowest BCUT2D eigenvalue weighted by Crippen LogP contribution is -2.40. The topological polar surface area (TPSA) is 46.6 Å². The highest BCUT2D eigenvalue weighted by Crippen LogP contribution is 2.32. The third-order valence-electron chi connectivity index (χ3n) is 3.69. The molecule has 116 valence electrons. The first-order valence-corrected chi connectivity index (χ1v) is 7.45. The molecule has 0 N–H and O–H groups in total. The Balaban J connectivity index is 1.71. The Morgan fingerprint density at radius 3 is 2.57 bits per heavy atom. The lowest BCUT2D eigenvalue weighted by Gasteiger charge is -2.22. The van der Waals surface area contributed by atoms with Gasteiger partial charge in [0.1, 0.15) is 0 Å². The van der Waals surface area contributed by atoms with E-state index in [2.05, 4.69) is 0 Å². The molecule has 1 amide bonds. The average Bonchev–Trinajstić information content (AvgIpc) is 2.85. The van der Waals surface area contributed by atoms with Gasteiger partial charge in [-0.15, -0.1) is 0 Å². The van der Waals surface area contributed by atoms with E-state index in [1.807, 2.05) is 42.5 Å². The highest BCUT2D eigenvalue weighted by Gasteiger charge is 2.39. The molecule has 3 rings (SSSR count). The Bertz CT molecular complexity index is 752. The van der Waals surface area contributed by atoms with Gasteiger partial charge in [0.2, 0.25) is 17.9 Å². The van der Waals surface area contributed by atoms with Gasteiger partial charge in [-0.25, -0.2) is 0 Å². The number of rotatable bonds is 4. The van der Waals surface area contributed by atoms with E-state index in [0.717, 1.165) is 5.56 Å². The predicted octanol–water partition coefficient (Wildman–Crippen LogP) is 3.29. The van der Waals surface area contributed by atoms with Crippen molar-refractivity contribution in [2.24, 2.45) is 0 Å². The molecule has 0 saturated carbocycles. The molecule has 0 radical (unpaired) electrons. The van der Waals surface area contributed by atoms with Gasteiger partial charge in [0.15, 0.2) is 0 Å². The zero-order valence-electron chi connectivity index (χ0n) is 12.8. The van der Waals surface area contributed by atoms with Crippen LogP contribution < -0.4 is 4.90 Å². The molecule has 1 aliphatic rings. The lowest BCUT2D eigenvalue weighted by atomic mass is 10.1. The number of carbonyl (C=O) groups is 2. The monoisotopic (exact) mass is 307 g/mol. The fourth-order valence-corrected chi connectivity index (χ4v) is 2.65. The minimum Gasteiger partial charge on any atom is -0.346 e. The minimum atomic E-state index is -0.884. The Morgan fingerprint density at radius 2 is 1.83 bits per heavy atom. The van der Waals surface area contributed by atoms with Gasteiger partial charge in [0, 0.05) is 12.5 Å². The van der Waals surface area contributed by atoms with Crippen LogP contribution >= 0.6 is 0 Å². The molecule has 0 spiro atoms. The van der Waals surface area contributed by atoms with Crippen molar-refractivity contribution in [3.8, 4) is 0 Å². The van der Waals surface area contributed by atoms with Crippen LogP contribution in [-0.2, 0) is 9.53 Å². The molecule has 0 bridgehead atoms. The number of ketones is 1. The van der Waals surface area contributed by atoms with Crippen LogP contribution in [0.15, 0.2) is 60.7 Å². The molecule has 1 unspecified atom stereocenters. The van der Waals surface area contributed by atoms with E-state index < -0.39 is 6.23 Å². The Kier molecular flexibility index (Phi) is 4.35. The standard InChI is InChI=1S/C19H17NO3/c1-14(21)20-17-12-6-5-11-16(17)18(22)19(20)23-13-7-10-15-8-3-2-4-9-15/h2-12,19H,13H2,1H3/b10-7-. The molecule has 2 aromatic carbocycles. The molecular formula is C19H17NO3. The van der Waals surface area contributed by atoms with Crippen LogP contribution in [0.4, 0.5) is 5.69 Å². The van der Waals surface area contributed by atoms with Crippen molar-refractivity contribution in [2.75, 3.05) is 11.5 Å². The minimum absolute atomic E-state index is 0.177. The number of fused-ring (bicyclic) bond motifs is 1. The van der Waals surface area contributed by atoms with Crippen molar-refractivity contribution >= 4 is 23.5 Å². The normalized spacial score (nSPS) is 16.8. The van der Waals surface area contributed by atoms with E-state index in [9.17, 15) is 9.59 Å². The van der Waals surface area contributed by atoms with Gasteiger partial charge in [-0.3, -0.25) is 14.5 Å². The number of carbonyl (C=O) groups excluding carboxylic acids is 2. The second-order valence-corrected chi connectivity index (χ2v) is 5.27. The summed E-state index contributed by atoms with van der Waals surface area (Å²) in [7, 11) is 0. The summed E-state index contributed by atoms with van der Waals surface area (Å²) in [6, 6.07) is 16.9. The van der Waals surface area contributed by atoms with E-state index in [1.54, 1.807) is 24.3 Å². The molecule has 0 saturated heterocycles. The van der Waals surface area contributed by atoms with Crippen LogP contribution in [-0.4, -0.2) is 24.5 Å². The molecule has 1 atom stereocenters. The average molecular weight is 307 g/mol. The zero-order valence-corrected chi connectivity index (χ0v) is 12.8. The first kappa shape index (κ1) is 15.2. The molecule has 4 heteroatoms. The number of hydrogen-bond donors (Lipinski definition) is 0. The van der Waals surface area contributed by atoms with Gasteiger partial charge >= 0.3 is 0 Å². The predicted molar refractivity (Wildman–Crippen MR) is 89.1 cm³/mol. The van der Waals surface area contributed by atoms with Crippen molar-refractivity contribution < 1.29 is 14.3 Å². The summed E-state index contributed by atoms with van der Waals surface area (Å²) in [5.74, 6) is -0.385. The van der Waals surface area contributed by atoms with Crippen molar-refractivity contribution in [1.29, 1.82) is 0 Å². The molecule has 4 nitrogen and oxygen atoms in total. The van der Waals surface area contributed by atoms with Crippen LogP contribution in [0.2, 0.25) is 0 Å². The Labute approximate surface area is 135 Å².